The summed E-state index contributed by atoms with van der Waals surface area (Å²) in [4.78, 5) is 18.3. The second-order valence-corrected chi connectivity index (χ2v) is 7.50. The zero-order valence-electron chi connectivity index (χ0n) is 14.6. The van der Waals surface area contributed by atoms with Crippen molar-refractivity contribution in [3.8, 4) is 0 Å². The Morgan fingerprint density at radius 1 is 1.38 bits per heavy atom. The van der Waals surface area contributed by atoms with Gasteiger partial charge in [0.1, 0.15) is 0 Å². The fourth-order valence-electron chi connectivity index (χ4n) is 3.90. The number of hydrogen-bond donors (Lipinski definition) is 0. The van der Waals surface area contributed by atoms with Crippen molar-refractivity contribution >= 4 is 17.0 Å². The number of carbonyl (C=O) groups is 1. The summed E-state index contributed by atoms with van der Waals surface area (Å²) in [5, 5.41) is 3.86. The van der Waals surface area contributed by atoms with Crippen molar-refractivity contribution in [2.24, 2.45) is 11.8 Å². The van der Waals surface area contributed by atoms with E-state index in [1.807, 2.05) is 6.92 Å². The Balaban J connectivity index is 1.69. The van der Waals surface area contributed by atoms with Crippen LogP contribution in [0.4, 0.5) is 13.2 Å². The van der Waals surface area contributed by atoms with Crippen LogP contribution in [0.3, 0.4) is 0 Å². The number of carbonyl (C=O) groups excluding carboxylic acids is 1. The number of fused-ring (bicyclic) bond motifs is 1. The maximum absolute atomic E-state index is 13.5. The Morgan fingerprint density at radius 3 is 2.77 bits per heavy atom. The van der Waals surface area contributed by atoms with E-state index in [9.17, 15) is 18.0 Å². The molecule has 1 saturated carbocycles. The van der Waals surface area contributed by atoms with Crippen molar-refractivity contribution in [1.29, 1.82) is 0 Å². The highest BCUT2D eigenvalue weighted by Gasteiger charge is 2.43. The van der Waals surface area contributed by atoms with Crippen molar-refractivity contribution < 1.29 is 22.5 Å². The third kappa shape index (κ3) is 2.95. The third-order valence-corrected chi connectivity index (χ3v) is 5.45. The van der Waals surface area contributed by atoms with Gasteiger partial charge in [-0.25, -0.2) is 4.98 Å². The smallest absolute Gasteiger partial charge is 0.342 e. The van der Waals surface area contributed by atoms with Crippen molar-refractivity contribution in [2.75, 3.05) is 13.1 Å². The minimum absolute atomic E-state index is 0.0674. The molecule has 2 aromatic rings. The number of pyridine rings is 1. The van der Waals surface area contributed by atoms with Crippen molar-refractivity contribution in [3.05, 3.63) is 23.0 Å². The van der Waals surface area contributed by atoms with Crippen LogP contribution in [0.25, 0.3) is 11.1 Å². The lowest BCUT2D eigenvalue weighted by Gasteiger charge is -2.32. The monoisotopic (exact) mass is 367 g/mol. The lowest BCUT2D eigenvalue weighted by Crippen LogP contribution is -2.40. The summed E-state index contributed by atoms with van der Waals surface area (Å²) in [7, 11) is 0. The molecule has 0 N–H and O–H groups in total. The Morgan fingerprint density at radius 2 is 2.12 bits per heavy atom. The van der Waals surface area contributed by atoms with Crippen LogP contribution in [-0.4, -0.2) is 34.0 Å². The minimum Gasteiger partial charge on any atom is -0.342 e. The van der Waals surface area contributed by atoms with Gasteiger partial charge in [-0.2, -0.15) is 13.2 Å². The van der Waals surface area contributed by atoms with E-state index in [4.69, 9.17) is 4.52 Å². The van der Waals surface area contributed by atoms with Gasteiger partial charge in [0.05, 0.1) is 16.6 Å². The molecule has 4 rings (SSSR count). The molecule has 0 spiro atoms. The van der Waals surface area contributed by atoms with Crippen LogP contribution in [0.2, 0.25) is 0 Å². The summed E-state index contributed by atoms with van der Waals surface area (Å²) in [6.45, 7) is 4.57. The summed E-state index contributed by atoms with van der Waals surface area (Å²) in [6, 6.07) is 1.03. The molecule has 140 valence electrons. The zero-order valence-corrected chi connectivity index (χ0v) is 14.6. The number of hydrogen-bond acceptors (Lipinski definition) is 4. The third-order valence-electron chi connectivity index (χ3n) is 5.45. The average molecular weight is 367 g/mol. The van der Waals surface area contributed by atoms with Crippen molar-refractivity contribution in [1.82, 2.24) is 15.0 Å². The predicted molar refractivity (Wildman–Crippen MR) is 87.4 cm³/mol. The molecule has 5 nitrogen and oxygen atoms in total. The molecule has 1 amide bonds. The van der Waals surface area contributed by atoms with Crippen LogP contribution in [0.5, 0.6) is 0 Å². The first-order valence-electron chi connectivity index (χ1n) is 8.88. The van der Waals surface area contributed by atoms with Gasteiger partial charge < -0.3 is 9.42 Å². The largest absolute Gasteiger partial charge is 0.417 e. The maximum Gasteiger partial charge on any atom is 0.417 e. The molecular weight excluding hydrogens is 347 g/mol. The number of amides is 1. The summed E-state index contributed by atoms with van der Waals surface area (Å²) >= 11 is 0. The van der Waals surface area contributed by atoms with Crippen LogP contribution in [-0.2, 0) is 11.0 Å². The van der Waals surface area contributed by atoms with Gasteiger partial charge in [0.15, 0.2) is 0 Å². The highest BCUT2D eigenvalue weighted by molar-refractivity contribution is 5.83. The Labute approximate surface area is 148 Å². The van der Waals surface area contributed by atoms with Gasteiger partial charge in [0, 0.05) is 30.6 Å². The van der Waals surface area contributed by atoms with Crippen molar-refractivity contribution in [2.45, 2.75) is 45.2 Å². The average Bonchev–Trinajstić information content (AvgIpc) is 3.16. The fourth-order valence-corrected chi connectivity index (χ4v) is 3.90. The van der Waals surface area contributed by atoms with Gasteiger partial charge in [-0.3, -0.25) is 4.79 Å². The molecule has 1 saturated heterocycles. The summed E-state index contributed by atoms with van der Waals surface area (Å²) in [5.74, 6) is 0.311. The number of nitrogens with zero attached hydrogens (tertiary/aromatic N) is 3. The number of halogens is 3. The maximum atomic E-state index is 13.5. The van der Waals surface area contributed by atoms with Crippen molar-refractivity contribution in [3.63, 3.8) is 0 Å². The molecule has 0 bridgehead atoms. The SMILES string of the molecule is Cc1cc(C(F)(F)F)c2c(C3CCCN(C(=O)C4CC4C)C3)noc2n1. The van der Waals surface area contributed by atoms with E-state index in [1.54, 1.807) is 4.90 Å². The number of aryl methyl sites for hydroxylation is 1. The first-order chi connectivity index (χ1) is 12.3. The normalized spacial score (nSPS) is 26.3. The molecule has 1 aliphatic heterocycles. The molecule has 2 aliphatic rings. The lowest BCUT2D eigenvalue weighted by atomic mass is 9.91. The molecule has 2 aromatic heterocycles. The van der Waals surface area contributed by atoms with E-state index in [0.29, 0.717) is 25.4 Å². The topological polar surface area (TPSA) is 59.2 Å². The highest BCUT2D eigenvalue weighted by atomic mass is 19.4. The number of piperidine rings is 1. The highest BCUT2D eigenvalue weighted by Crippen LogP contribution is 2.42. The van der Waals surface area contributed by atoms with E-state index in [1.165, 1.54) is 6.92 Å². The first-order valence-corrected chi connectivity index (χ1v) is 8.88. The molecule has 0 aromatic carbocycles. The van der Waals surface area contributed by atoms with Gasteiger partial charge in [0.25, 0.3) is 5.71 Å². The van der Waals surface area contributed by atoms with Gasteiger partial charge in [0.2, 0.25) is 5.91 Å². The van der Waals surface area contributed by atoms with Gasteiger partial charge in [-0.15, -0.1) is 0 Å². The first kappa shape index (κ1) is 17.3. The number of aromatic nitrogens is 2. The number of alkyl halides is 3. The van der Waals surface area contributed by atoms with E-state index in [-0.39, 0.29) is 40.2 Å². The molecule has 0 radical (unpaired) electrons. The summed E-state index contributed by atoms with van der Waals surface area (Å²) in [6.07, 6.45) is -2.20. The van der Waals surface area contributed by atoms with Crippen LogP contribution in [0.15, 0.2) is 10.6 Å². The van der Waals surface area contributed by atoms with Crippen LogP contribution >= 0.6 is 0 Å². The van der Waals surface area contributed by atoms with Crippen LogP contribution < -0.4 is 0 Å². The second-order valence-electron chi connectivity index (χ2n) is 7.50. The Bertz CT molecular complexity index is 861. The fraction of sp³-hybridized carbons (Fsp3) is 0.611. The van der Waals surface area contributed by atoms with Gasteiger partial charge in [-0.05, 0) is 38.2 Å². The summed E-state index contributed by atoms with van der Waals surface area (Å²) < 4.78 is 45.7. The lowest BCUT2D eigenvalue weighted by molar-refractivity contribution is -0.136. The molecule has 3 heterocycles. The van der Waals surface area contributed by atoms with E-state index in [0.717, 1.165) is 18.9 Å². The van der Waals surface area contributed by atoms with Gasteiger partial charge in [-0.1, -0.05) is 12.1 Å². The molecule has 3 unspecified atom stereocenters. The van der Waals surface area contributed by atoms with E-state index >= 15 is 0 Å². The molecular formula is C18H20F3N3O2. The van der Waals surface area contributed by atoms with Gasteiger partial charge >= 0.3 is 6.18 Å². The van der Waals surface area contributed by atoms with Crippen LogP contribution in [0, 0.1) is 18.8 Å². The van der Waals surface area contributed by atoms with Crippen LogP contribution in [0.1, 0.15) is 49.1 Å². The number of rotatable bonds is 2. The Hall–Kier alpha value is -2.12. The number of likely N-dealkylation sites (tertiary alicyclic amines) is 1. The molecule has 26 heavy (non-hydrogen) atoms. The standard InChI is InChI=1S/C18H20F3N3O2/c1-9-6-12(9)17(25)24-5-3-4-11(8-24)15-14-13(18(19,20)21)7-10(2)22-16(14)26-23-15/h7,9,11-12H,3-6,8H2,1-2H3. The quantitative estimate of drug-likeness (QED) is 0.807. The Kier molecular flexibility index (Phi) is 3.96. The molecule has 2 fully saturated rings. The second kappa shape index (κ2) is 5.96. The van der Waals surface area contributed by atoms with E-state index in [2.05, 4.69) is 10.1 Å². The molecule has 8 heteroatoms. The molecule has 3 atom stereocenters. The molecule has 1 aliphatic carbocycles. The summed E-state index contributed by atoms with van der Waals surface area (Å²) in [5.41, 5.74) is -0.362. The predicted octanol–water partition coefficient (Wildman–Crippen LogP) is 3.91. The minimum atomic E-state index is -4.51. The zero-order chi connectivity index (χ0) is 18.6. The van der Waals surface area contributed by atoms with E-state index < -0.39 is 11.7 Å².